The average Bonchev–Trinajstić information content (AvgIpc) is 2.37. The monoisotopic (exact) mass is 287 g/mol. The summed E-state index contributed by atoms with van der Waals surface area (Å²) in [5.41, 5.74) is 0.613. The van der Waals surface area contributed by atoms with Crippen molar-refractivity contribution in [1.29, 1.82) is 5.26 Å². The molecular weight excluding hydrogens is 277 g/mol. The Morgan fingerprint density at radius 1 is 1.44 bits per heavy atom. The summed E-state index contributed by atoms with van der Waals surface area (Å²) in [4.78, 5) is 11.2. The van der Waals surface area contributed by atoms with Crippen LogP contribution in [0.5, 0.6) is 5.75 Å². The third-order valence-corrected chi connectivity index (χ3v) is 3.14. The molecule has 18 heavy (non-hydrogen) atoms. The van der Waals surface area contributed by atoms with E-state index in [0.29, 0.717) is 5.56 Å². The second-order valence-corrected chi connectivity index (χ2v) is 4.22. The van der Waals surface area contributed by atoms with Crippen LogP contribution in [0.15, 0.2) is 12.1 Å². The minimum atomic E-state index is -0.787. The Hall–Kier alpha value is -1.44. The van der Waals surface area contributed by atoms with Crippen molar-refractivity contribution in [2.75, 3.05) is 7.11 Å². The largest absolute Gasteiger partial charge is 0.477 e. The van der Waals surface area contributed by atoms with Gasteiger partial charge in [0.25, 0.3) is 0 Å². The van der Waals surface area contributed by atoms with E-state index in [2.05, 4.69) is 4.74 Å². The number of nitrogens with zero attached hydrogens (tertiary/aromatic N) is 1. The molecule has 0 aliphatic heterocycles. The van der Waals surface area contributed by atoms with Crippen molar-refractivity contribution in [1.82, 2.24) is 0 Å². The van der Waals surface area contributed by atoms with Gasteiger partial charge in [0.2, 0.25) is 0 Å². The Balaban J connectivity index is 2.96. The summed E-state index contributed by atoms with van der Waals surface area (Å²) in [6.45, 7) is 1.54. The van der Waals surface area contributed by atoms with Gasteiger partial charge in [-0.05, 0) is 18.6 Å². The van der Waals surface area contributed by atoms with E-state index >= 15 is 0 Å². The summed E-state index contributed by atoms with van der Waals surface area (Å²) in [6, 6.07) is 5.19. The Bertz CT molecular complexity index is 497. The molecule has 0 fully saturated rings. The zero-order valence-corrected chi connectivity index (χ0v) is 11.4. The number of methoxy groups -OCH3 is 1. The number of ether oxygens (including phenoxy) is 2. The maximum atomic E-state index is 11.2. The first kappa shape index (κ1) is 14.6. The van der Waals surface area contributed by atoms with Crippen LogP contribution < -0.4 is 4.74 Å². The van der Waals surface area contributed by atoms with Crippen molar-refractivity contribution in [2.24, 2.45) is 0 Å². The van der Waals surface area contributed by atoms with Crippen molar-refractivity contribution in [3.05, 3.63) is 27.7 Å². The van der Waals surface area contributed by atoms with Gasteiger partial charge in [0.1, 0.15) is 10.8 Å². The topological polar surface area (TPSA) is 59.3 Å². The summed E-state index contributed by atoms with van der Waals surface area (Å²) in [5.74, 6) is -0.232. The van der Waals surface area contributed by atoms with Gasteiger partial charge in [-0.3, -0.25) is 0 Å². The second kappa shape index (κ2) is 6.48. The maximum absolute atomic E-state index is 11.2. The third-order valence-electron chi connectivity index (χ3n) is 2.23. The second-order valence-electron chi connectivity index (χ2n) is 3.47. The molecule has 0 amide bonds. The van der Waals surface area contributed by atoms with E-state index in [4.69, 9.17) is 33.2 Å². The first-order chi connectivity index (χ1) is 8.51. The molecule has 6 heteroatoms. The number of carbonyl (C=O) groups excluding carboxylic acids is 1. The zero-order valence-electron chi connectivity index (χ0n) is 9.87. The molecule has 0 bridgehead atoms. The lowest BCUT2D eigenvalue weighted by molar-refractivity contribution is -0.147. The molecule has 0 saturated heterocycles. The van der Waals surface area contributed by atoms with E-state index in [0.717, 1.165) is 0 Å². The molecule has 0 aliphatic carbocycles. The fourth-order valence-electron chi connectivity index (χ4n) is 1.29. The van der Waals surface area contributed by atoms with Crippen LogP contribution >= 0.6 is 23.2 Å². The van der Waals surface area contributed by atoms with Gasteiger partial charge in [-0.25, -0.2) is 4.79 Å². The van der Waals surface area contributed by atoms with E-state index in [-0.39, 0.29) is 22.2 Å². The van der Waals surface area contributed by atoms with Crippen LogP contribution in [-0.4, -0.2) is 19.2 Å². The average molecular weight is 288 g/mol. The number of carbonyl (C=O) groups is 1. The molecule has 4 nitrogen and oxygen atoms in total. The molecular formula is C12H11Cl2NO3. The normalized spacial score (nSPS) is 11.5. The Morgan fingerprint density at radius 3 is 2.67 bits per heavy atom. The predicted molar refractivity (Wildman–Crippen MR) is 67.9 cm³/mol. The van der Waals surface area contributed by atoms with Crippen molar-refractivity contribution >= 4 is 29.2 Å². The lowest BCUT2D eigenvalue weighted by Gasteiger charge is -2.15. The Labute approximate surface area is 115 Å². The maximum Gasteiger partial charge on any atom is 0.346 e. The molecule has 0 N–H and O–H groups in total. The summed E-state index contributed by atoms with van der Waals surface area (Å²) in [5, 5.41) is 9.05. The van der Waals surface area contributed by atoms with Crippen LogP contribution in [0.2, 0.25) is 10.0 Å². The van der Waals surface area contributed by atoms with E-state index in [1.807, 2.05) is 6.07 Å². The van der Waals surface area contributed by atoms with Gasteiger partial charge in [-0.2, -0.15) is 5.26 Å². The smallest absolute Gasteiger partial charge is 0.346 e. The number of rotatable bonds is 4. The van der Waals surface area contributed by atoms with Gasteiger partial charge in [0, 0.05) is 0 Å². The summed E-state index contributed by atoms with van der Waals surface area (Å²) in [7, 11) is 1.27. The fourth-order valence-corrected chi connectivity index (χ4v) is 1.74. The van der Waals surface area contributed by atoms with Crippen LogP contribution in [0.3, 0.4) is 0 Å². The first-order valence-electron chi connectivity index (χ1n) is 5.09. The number of hydrogen-bond acceptors (Lipinski definition) is 4. The molecule has 0 aliphatic rings. The van der Waals surface area contributed by atoms with Gasteiger partial charge in [0.15, 0.2) is 6.10 Å². The molecule has 1 aromatic rings. The highest BCUT2D eigenvalue weighted by atomic mass is 35.5. The third kappa shape index (κ3) is 3.28. The minimum Gasteiger partial charge on any atom is -0.477 e. The summed E-state index contributed by atoms with van der Waals surface area (Å²) >= 11 is 12.0. The lowest BCUT2D eigenvalue weighted by Crippen LogP contribution is -2.25. The summed E-state index contributed by atoms with van der Waals surface area (Å²) < 4.78 is 9.87. The van der Waals surface area contributed by atoms with Crippen molar-refractivity contribution in [2.45, 2.75) is 19.4 Å². The standard InChI is InChI=1S/C12H11Cl2NO3/c1-7(12(16)17-2)18-9-4-3-8(5-6-15)10(13)11(9)14/h3-4,7H,5H2,1-2H3. The summed E-state index contributed by atoms with van der Waals surface area (Å²) in [6.07, 6.45) is -0.629. The van der Waals surface area contributed by atoms with Crippen LogP contribution in [0, 0.1) is 11.3 Å². The van der Waals surface area contributed by atoms with Gasteiger partial charge in [-0.1, -0.05) is 29.3 Å². The number of esters is 1. The Kier molecular flexibility index (Phi) is 5.26. The molecule has 0 heterocycles. The molecule has 1 atom stereocenters. The SMILES string of the molecule is COC(=O)C(C)Oc1ccc(CC#N)c(Cl)c1Cl. The molecule has 1 rings (SSSR count). The van der Waals surface area contributed by atoms with E-state index in [1.54, 1.807) is 19.1 Å². The van der Waals surface area contributed by atoms with Crippen LogP contribution in [0.25, 0.3) is 0 Å². The van der Waals surface area contributed by atoms with E-state index < -0.39 is 12.1 Å². The van der Waals surface area contributed by atoms with Gasteiger partial charge in [0.05, 0.1) is 24.6 Å². The minimum absolute atomic E-state index is 0.158. The number of benzene rings is 1. The molecule has 1 unspecified atom stereocenters. The van der Waals surface area contributed by atoms with Gasteiger partial charge < -0.3 is 9.47 Å². The predicted octanol–water partition coefficient (Wildman–Crippen LogP) is 3.00. The van der Waals surface area contributed by atoms with E-state index in [9.17, 15) is 4.79 Å². The van der Waals surface area contributed by atoms with Crippen LogP contribution in [-0.2, 0) is 16.0 Å². The molecule has 96 valence electrons. The Morgan fingerprint density at radius 2 is 2.11 bits per heavy atom. The highest BCUT2D eigenvalue weighted by Gasteiger charge is 2.18. The van der Waals surface area contributed by atoms with Crippen molar-refractivity contribution in [3.8, 4) is 11.8 Å². The fraction of sp³-hybridized carbons (Fsp3) is 0.333. The molecule has 0 spiro atoms. The highest BCUT2D eigenvalue weighted by molar-refractivity contribution is 6.43. The highest BCUT2D eigenvalue weighted by Crippen LogP contribution is 2.35. The number of nitriles is 1. The molecule has 1 aromatic carbocycles. The molecule has 0 aromatic heterocycles. The van der Waals surface area contributed by atoms with Gasteiger partial charge >= 0.3 is 5.97 Å². The lowest BCUT2D eigenvalue weighted by atomic mass is 10.1. The van der Waals surface area contributed by atoms with Gasteiger partial charge in [-0.15, -0.1) is 0 Å². The molecule has 0 saturated carbocycles. The van der Waals surface area contributed by atoms with E-state index in [1.165, 1.54) is 7.11 Å². The van der Waals surface area contributed by atoms with Crippen molar-refractivity contribution < 1.29 is 14.3 Å². The zero-order chi connectivity index (χ0) is 13.7. The van der Waals surface area contributed by atoms with Crippen molar-refractivity contribution in [3.63, 3.8) is 0 Å². The molecule has 0 radical (unpaired) electrons. The quantitative estimate of drug-likeness (QED) is 0.799. The number of hydrogen-bond donors (Lipinski definition) is 0. The number of halogens is 2. The van der Waals surface area contributed by atoms with Crippen LogP contribution in [0.1, 0.15) is 12.5 Å². The first-order valence-corrected chi connectivity index (χ1v) is 5.85. The van der Waals surface area contributed by atoms with Crippen LogP contribution in [0.4, 0.5) is 0 Å².